The van der Waals surface area contributed by atoms with E-state index in [0.717, 1.165) is 42.8 Å². The van der Waals surface area contributed by atoms with E-state index in [9.17, 15) is 31.1 Å². The summed E-state index contributed by atoms with van der Waals surface area (Å²) in [7, 11) is 0. The number of carboxylic acid groups (broad SMARTS) is 2. The van der Waals surface area contributed by atoms with Gasteiger partial charge in [0.25, 0.3) is 5.91 Å². The third-order valence-electron chi connectivity index (χ3n) is 6.03. The van der Waals surface area contributed by atoms with E-state index in [1.54, 1.807) is 6.20 Å². The SMILES string of the molecule is N=C(N)c1cccc(C2CCN(C(=O)c3ccc(-c4ccccn4)cc3)CC2)c1.O=C(O)C(F)(F)F.O=C(O)C(F)(F)F. The number of carboxylic acids is 2. The molecule has 1 amide bonds. The molecule has 0 atom stereocenters. The Hall–Kier alpha value is -4.95. The van der Waals surface area contributed by atoms with E-state index in [0.29, 0.717) is 11.5 Å². The zero-order valence-electron chi connectivity index (χ0n) is 22.2. The van der Waals surface area contributed by atoms with Crippen molar-refractivity contribution in [2.24, 2.45) is 5.73 Å². The summed E-state index contributed by atoms with van der Waals surface area (Å²) in [4.78, 5) is 37.0. The lowest BCUT2D eigenvalue weighted by atomic mass is 9.88. The topological polar surface area (TPSA) is 158 Å². The van der Waals surface area contributed by atoms with Crippen molar-refractivity contribution in [1.82, 2.24) is 9.88 Å². The summed E-state index contributed by atoms with van der Waals surface area (Å²) in [5, 5.41) is 21.9. The number of amidine groups is 1. The second-order valence-electron chi connectivity index (χ2n) is 9.00. The molecule has 0 aliphatic carbocycles. The predicted molar refractivity (Wildman–Crippen MR) is 142 cm³/mol. The Kier molecular flexibility index (Phi) is 11.8. The van der Waals surface area contributed by atoms with Gasteiger partial charge in [0.05, 0.1) is 5.69 Å². The third kappa shape index (κ3) is 10.8. The number of halogens is 6. The maximum Gasteiger partial charge on any atom is 0.490 e. The average molecular weight is 613 g/mol. The van der Waals surface area contributed by atoms with Gasteiger partial charge in [-0.25, -0.2) is 9.59 Å². The molecule has 43 heavy (non-hydrogen) atoms. The second-order valence-corrected chi connectivity index (χ2v) is 9.00. The van der Waals surface area contributed by atoms with Crippen molar-refractivity contribution in [3.05, 3.63) is 89.6 Å². The number of rotatable bonds is 4. The molecule has 230 valence electrons. The van der Waals surface area contributed by atoms with Crippen molar-refractivity contribution < 1.29 is 50.9 Å². The first-order chi connectivity index (χ1) is 20.0. The molecule has 3 aromatic rings. The van der Waals surface area contributed by atoms with E-state index < -0.39 is 24.3 Å². The molecule has 4 rings (SSSR count). The number of carbonyl (C=O) groups excluding carboxylic acids is 1. The zero-order chi connectivity index (χ0) is 32.4. The van der Waals surface area contributed by atoms with Gasteiger partial charge >= 0.3 is 24.3 Å². The van der Waals surface area contributed by atoms with Crippen molar-refractivity contribution in [3.63, 3.8) is 0 Å². The highest BCUT2D eigenvalue weighted by Gasteiger charge is 2.38. The molecule has 0 bridgehead atoms. The van der Waals surface area contributed by atoms with Gasteiger partial charge in [-0.15, -0.1) is 0 Å². The highest BCUT2D eigenvalue weighted by atomic mass is 19.4. The molecule has 0 saturated carbocycles. The molecule has 1 aromatic heterocycles. The van der Waals surface area contributed by atoms with Crippen LogP contribution < -0.4 is 5.73 Å². The smallest absolute Gasteiger partial charge is 0.475 e. The van der Waals surface area contributed by atoms with Gasteiger partial charge in [-0.2, -0.15) is 26.3 Å². The Balaban J connectivity index is 0.000000384. The number of hydrogen-bond acceptors (Lipinski definition) is 5. The van der Waals surface area contributed by atoms with Gasteiger partial charge in [0.2, 0.25) is 0 Å². The molecule has 5 N–H and O–H groups in total. The van der Waals surface area contributed by atoms with Gasteiger partial charge in [-0.05, 0) is 54.7 Å². The summed E-state index contributed by atoms with van der Waals surface area (Å²) < 4.78 is 63.5. The quantitative estimate of drug-likeness (QED) is 0.176. The number of amides is 1. The van der Waals surface area contributed by atoms with Gasteiger partial charge in [-0.1, -0.05) is 36.4 Å². The van der Waals surface area contributed by atoms with Crippen LogP contribution in [0.25, 0.3) is 11.3 Å². The number of hydrogen-bond donors (Lipinski definition) is 4. The number of nitrogens with one attached hydrogen (secondary N) is 1. The van der Waals surface area contributed by atoms with Crippen LogP contribution in [0.1, 0.15) is 40.2 Å². The predicted octanol–water partition coefficient (Wildman–Crippen LogP) is 5.32. The van der Waals surface area contributed by atoms with Gasteiger partial charge < -0.3 is 20.8 Å². The lowest BCUT2D eigenvalue weighted by Crippen LogP contribution is -2.37. The molecule has 1 aliphatic heterocycles. The lowest BCUT2D eigenvalue weighted by Gasteiger charge is -2.32. The molecule has 9 nitrogen and oxygen atoms in total. The molecule has 2 aromatic carbocycles. The summed E-state index contributed by atoms with van der Waals surface area (Å²) in [5.41, 5.74) is 10.2. The Morgan fingerprint density at radius 1 is 0.814 bits per heavy atom. The number of likely N-dealkylation sites (tertiary alicyclic amines) is 1. The fourth-order valence-electron chi connectivity index (χ4n) is 3.88. The van der Waals surface area contributed by atoms with Crippen molar-refractivity contribution in [1.29, 1.82) is 5.41 Å². The first kappa shape index (κ1) is 34.3. The maximum atomic E-state index is 12.9. The van der Waals surface area contributed by atoms with E-state index in [4.69, 9.17) is 30.9 Å². The van der Waals surface area contributed by atoms with Crippen LogP contribution >= 0.6 is 0 Å². The minimum atomic E-state index is -5.08. The molecule has 0 radical (unpaired) electrons. The molecule has 2 heterocycles. The number of alkyl halides is 6. The van der Waals surface area contributed by atoms with Gasteiger partial charge in [0, 0.05) is 36.0 Å². The minimum Gasteiger partial charge on any atom is -0.475 e. The Morgan fingerprint density at radius 3 is 1.79 bits per heavy atom. The van der Waals surface area contributed by atoms with Crippen molar-refractivity contribution in [2.45, 2.75) is 31.1 Å². The normalized spacial score (nSPS) is 13.5. The van der Waals surface area contributed by atoms with E-state index in [-0.39, 0.29) is 11.7 Å². The van der Waals surface area contributed by atoms with E-state index >= 15 is 0 Å². The molecule has 0 spiro atoms. The number of pyridine rings is 1. The summed E-state index contributed by atoms with van der Waals surface area (Å²) in [6.45, 7) is 1.46. The molecule has 1 aliphatic rings. The molecule has 1 saturated heterocycles. The summed E-state index contributed by atoms with van der Waals surface area (Å²) in [5.74, 6) is -4.95. The standard InChI is InChI=1S/C24H24N4O.2C2HF3O2/c25-23(26)21-5-3-4-20(16-21)17-11-14-28(15-12-17)24(29)19-9-7-18(8-10-19)22-6-1-2-13-27-22;2*3-2(4,5)1(6)7/h1-10,13,16-17H,11-12,14-15H2,(H3,25,26);2*(H,6,7). The fourth-order valence-corrected chi connectivity index (χ4v) is 3.88. The number of aromatic nitrogens is 1. The van der Waals surface area contributed by atoms with Crippen LogP contribution in [0.4, 0.5) is 26.3 Å². The van der Waals surface area contributed by atoms with E-state index in [1.165, 1.54) is 5.56 Å². The number of benzene rings is 2. The number of piperidine rings is 1. The van der Waals surface area contributed by atoms with Gasteiger partial charge in [0.15, 0.2) is 0 Å². The molecule has 15 heteroatoms. The van der Waals surface area contributed by atoms with Crippen molar-refractivity contribution in [2.75, 3.05) is 13.1 Å². The summed E-state index contributed by atoms with van der Waals surface area (Å²) >= 11 is 0. The average Bonchev–Trinajstić information content (AvgIpc) is 2.97. The Labute approximate surface area is 241 Å². The van der Waals surface area contributed by atoms with E-state index in [2.05, 4.69) is 11.1 Å². The van der Waals surface area contributed by atoms with Crippen LogP contribution in [-0.4, -0.2) is 69.2 Å². The van der Waals surface area contributed by atoms with Gasteiger partial charge in [-0.3, -0.25) is 15.2 Å². The van der Waals surface area contributed by atoms with E-state index in [1.807, 2.05) is 65.6 Å². The first-order valence-electron chi connectivity index (χ1n) is 12.4. The Bertz CT molecular complexity index is 1380. The third-order valence-corrected chi connectivity index (χ3v) is 6.03. The minimum absolute atomic E-state index is 0.0773. The van der Waals surface area contributed by atoms with Crippen LogP contribution in [0.5, 0.6) is 0 Å². The lowest BCUT2D eigenvalue weighted by molar-refractivity contribution is -0.193. The monoisotopic (exact) mass is 612 g/mol. The second kappa shape index (κ2) is 14.8. The zero-order valence-corrected chi connectivity index (χ0v) is 22.2. The van der Waals surface area contributed by atoms with Crippen LogP contribution in [0.3, 0.4) is 0 Å². The van der Waals surface area contributed by atoms with Crippen LogP contribution in [0, 0.1) is 5.41 Å². The number of nitrogens with two attached hydrogens (primary N) is 1. The molecule has 1 fully saturated rings. The number of nitrogen functional groups attached to an aromatic ring is 1. The number of carbonyl (C=O) groups is 3. The summed E-state index contributed by atoms with van der Waals surface area (Å²) in [6, 6.07) is 21.4. The molecule has 0 unspecified atom stereocenters. The van der Waals surface area contributed by atoms with Crippen molar-refractivity contribution >= 4 is 23.7 Å². The highest BCUT2D eigenvalue weighted by Crippen LogP contribution is 2.29. The fraction of sp³-hybridized carbons (Fsp3) is 0.250. The first-order valence-corrected chi connectivity index (χ1v) is 12.4. The van der Waals surface area contributed by atoms with Gasteiger partial charge in [0.1, 0.15) is 5.84 Å². The molecular formula is C28H26F6N4O5. The Morgan fingerprint density at radius 2 is 1.35 bits per heavy atom. The number of nitrogens with zero attached hydrogens (tertiary/aromatic N) is 2. The molecular weight excluding hydrogens is 586 g/mol. The van der Waals surface area contributed by atoms with Crippen LogP contribution in [0.15, 0.2) is 72.9 Å². The van der Waals surface area contributed by atoms with Crippen molar-refractivity contribution in [3.8, 4) is 11.3 Å². The maximum absolute atomic E-state index is 12.9. The highest BCUT2D eigenvalue weighted by molar-refractivity contribution is 5.95. The van der Waals surface area contributed by atoms with Crippen LogP contribution in [-0.2, 0) is 9.59 Å². The number of aliphatic carboxylic acids is 2. The summed E-state index contributed by atoms with van der Waals surface area (Å²) in [6.07, 6.45) is -6.57. The largest absolute Gasteiger partial charge is 0.490 e. The van der Waals surface area contributed by atoms with Crippen LogP contribution in [0.2, 0.25) is 0 Å².